The average molecular weight is 516 g/mol. The van der Waals surface area contributed by atoms with Gasteiger partial charge in [-0.1, -0.05) is 25.7 Å². The molecule has 10 heteroatoms. The zero-order chi connectivity index (χ0) is 19.6. The maximum absolute atomic E-state index is 6.00. The maximum atomic E-state index is 6.00. The highest BCUT2D eigenvalue weighted by atomic mass is 127. The summed E-state index contributed by atoms with van der Waals surface area (Å²) in [4.78, 5) is 12.8. The van der Waals surface area contributed by atoms with Crippen molar-refractivity contribution in [1.29, 1.82) is 0 Å². The van der Waals surface area contributed by atoms with Gasteiger partial charge in [0.05, 0.1) is 24.3 Å². The minimum absolute atomic E-state index is 0. The minimum atomic E-state index is 0. The Balaban J connectivity index is 0.00000300. The molecule has 1 aliphatic rings. The number of nitrogens with one attached hydrogen (secondary N) is 3. The summed E-state index contributed by atoms with van der Waals surface area (Å²) < 4.78 is 7.74. The molecule has 0 spiro atoms. The molecule has 3 N–H and O–H groups in total. The van der Waals surface area contributed by atoms with Gasteiger partial charge in [0.25, 0.3) is 0 Å². The molecule has 2 heterocycles. The summed E-state index contributed by atoms with van der Waals surface area (Å²) in [6.07, 6.45) is 11.5. The molecule has 2 aromatic rings. The first kappa shape index (κ1) is 23.6. The van der Waals surface area contributed by atoms with E-state index in [0.717, 1.165) is 35.9 Å². The molecule has 0 unspecified atom stereocenters. The molecule has 9 nitrogen and oxygen atoms in total. The zero-order valence-corrected chi connectivity index (χ0v) is 19.7. The molecule has 0 bridgehead atoms. The van der Waals surface area contributed by atoms with Crippen molar-refractivity contribution in [1.82, 2.24) is 30.4 Å². The number of fused-ring (bicyclic) bond motifs is 1. The van der Waals surface area contributed by atoms with E-state index in [1.807, 2.05) is 7.05 Å². The molecule has 1 saturated carbocycles. The summed E-state index contributed by atoms with van der Waals surface area (Å²) in [5, 5.41) is 15.1. The van der Waals surface area contributed by atoms with Crippen LogP contribution in [0.25, 0.3) is 11.0 Å². The fourth-order valence-corrected chi connectivity index (χ4v) is 3.49. The van der Waals surface area contributed by atoms with Crippen LogP contribution in [0.15, 0.2) is 17.5 Å². The van der Waals surface area contributed by atoms with Crippen LogP contribution in [0.1, 0.15) is 38.5 Å². The predicted molar refractivity (Wildman–Crippen MR) is 127 cm³/mol. The highest BCUT2D eigenvalue weighted by Gasteiger charge is 2.12. The third-order valence-electron chi connectivity index (χ3n) is 5.01. The molecule has 1 aliphatic carbocycles. The van der Waals surface area contributed by atoms with Crippen molar-refractivity contribution in [3.63, 3.8) is 0 Å². The van der Waals surface area contributed by atoms with Crippen molar-refractivity contribution in [3.05, 3.63) is 12.5 Å². The van der Waals surface area contributed by atoms with Gasteiger partial charge in [-0.2, -0.15) is 5.10 Å². The Labute approximate surface area is 189 Å². The second kappa shape index (κ2) is 12.8. The van der Waals surface area contributed by atoms with Crippen molar-refractivity contribution < 1.29 is 4.74 Å². The smallest absolute Gasteiger partial charge is 0.191 e. The fourth-order valence-electron chi connectivity index (χ4n) is 3.49. The number of halogens is 1. The molecule has 0 aliphatic heterocycles. The molecule has 29 heavy (non-hydrogen) atoms. The third kappa shape index (κ3) is 7.25. The van der Waals surface area contributed by atoms with Gasteiger partial charge in [0.15, 0.2) is 11.6 Å². The lowest BCUT2D eigenvalue weighted by molar-refractivity contribution is 0.0468. The van der Waals surface area contributed by atoms with Crippen molar-refractivity contribution >= 4 is 46.8 Å². The number of rotatable bonds is 8. The van der Waals surface area contributed by atoms with E-state index in [4.69, 9.17) is 4.74 Å². The van der Waals surface area contributed by atoms with Crippen LogP contribution in [0.5, 0.6) is 0 Å². The molecule has 0 saturated heterocycles. The molecular formula is C19H33IN8O. The molecule has 0 amide bonds. The topological polar surface area (TPSA) is 101 Å². The van der Waals surface area contributed by atoms with Gasteiger partial charge < -0.3 is 20.7 Å². The number of hydrogen-bond acceptors (Lipinski definition) is 6. The first-order chi connectivity index (χ1) is 13.8. The van der Waals surface area contributed by atoms with Gasteiger partial charge in [-0.3, -0.25) is 9.67 Å². The van der Waals surface area contributed by atoms with E-state index < -0.39 is 0 Å². The van der Waals surface area contributed by atoms with E-state index in [9.17, 15) is 0 Å². The first-order valence-corrected chi connectivity index (χ1v) is 10.2. The Morgan fingerprint density at radius 1 is 1.14 bits per heavy atom. The largest absolute Gasteiger partial charge is 0.376 e. The highest BCUT2D eigenvalue weighted by Crippen LogP contribution is 2.19. The van der Waals surface area contributed by atoms with Crippen LogP contribution in [0.2, 0.25) is 0 Å². The van der Waals surface area contributed by atoms with Crippen LogP contribution >= 0.6 is 24.0 Å². The van der Waals surface area contributed by atoms with Crippen LogP contribution < -0.4 is 16.0 Å². The van der Waals surface area contributed by atoms with Gasteiger partial charge in [-0.05, 0) is 12.8 Å². The maximum Gasteiger partial charge on any atom is 0.191 e. The van der Waals surface area contributed by atoms with Gasteiger partial charge in [-0.25, -0.2) is 9.97 Å². The Kier molecular flexibility index (Phi) is 10.4. The summed E-state index contributed by atoms with van der Waals surface area (Å²) in [7, 11) is 3.65. The van der Waals surface area contributed by atoms with Crippen molar-refractivity contribution in [2.45, 2.75) is 44.6 Å². The SMILES string of the molecule is CN=C(NCCNc1ncnc2c1cnn2C)NCCOC1CCCCCC1.I. The van der Waals surface area contributed by atoms with Crippen LogP contribution in [-0.4, -0.2) is 65.1 Å². The van der Waals surface area contributed by atoms with Crippen molar-refractivity contribution in [3.8, 4) is 0 Å². The Bertz CT molecular complexity index is 758. The number of anilines is 1. The average Bonchev–Trinajstić information content (AvgIpc) is 2.92. The molecule has 0 aromatic carbocycles. The fraction of sp³-hybridized carbons (Fsp3) is 0.684. The van der Waals surface area contributed by atoms with E-state index in [0.29, 0.717) is 19.3 Å². The number of ether oxygens (including phenoxy) is 1. The first-order valence-electron chi connectivity index (χ1n) is 10.2. The van der Waals surface area contributed by atoms with Gasteiger partial charge in [0, 0.05) is 33.7 Å². The number of aryl methyl sites for hydroxylation is 1. The number of hydrogen-bond donors (Lipinski definition) is 3. The quantitative estimate of drug-likeness (QED) is 0.163. The predicted octanol–water partition coefficient (Wildman–Crippen LogP) is 2.30. The Hall–Kier alpha value is -1.69. The van der Waals surface area contributed by atoms with Crippen molar-refractivity contribution in [2.75, 3.05) is 38.6 Å². The molecule has 1 fully saturated rings. The van der Waals surface area contributed by atoms with E-state index in [1.54, 1.807) is 24.3 Å². The van der Waals surface area contributed by atoms with Crippen LogP contribution in [-0.2, 0) is 11.8 Å². The highest BCUT2D eigenvalue weighted by molar-refractivity contribution is 14.0. The molecule has 0 atom stereocenters. The van der Waals surface area contributed by atoms with Crippen LogP contribution in [0.4, 0.5) is 5.82 Å². The molecule has 0 radical (unpaired) electrons. The van der Waals surface area contributed by atoms with E-state index in [2.05, 4.69) is 36.0 Å². The minimum Gasteiger partial charge on any atom is -0.376 e. The summed E-state index contributed by atoms with van der Waals surface area (Å²) >= 11 is 0. The van der Waals surface area contributed by atoms with Crippen molar-refractivity contribution in [2.24, 2.45) is 12.0 Å². The standard InChI is InChI=1S/C19H32N8O.HI/c1-20-19(23-11-12-28-15-7-5-3-4-6-8-15)22-10-9-21-17-16-13-26-27(2)18(16)25-14-24-17;/h13-15H,3-12H2,1-2H3,(H2,20,22,23)(H,21,24,25);1H. The number of guanidine groups is 1. The Morgan fingerprint density at radius 3 is 2.66 bits per heavy atom. The second-order valence-electron chi connectivity index (χ2n) is 7.06. The lowest BCUT2D eigenvalue weighted by Crippen LogP contribution is -2.41. The lowest BCUT2D eigenvalue weighted by Gasteiger charge is -2.17. The van der Waals surface area contributed by atoms with Gasteiger partial charge >= 0.3 is 0 Å². The number of aromatic nitrogens is 4. The Morgan fingerprint density at radius 2 is 1.90 bits per heavy atom. The summed E-state index contributed by atoms with van der Waals surface area (Å²) in [5.41, 5.74) is 0.816. The van der Waals surface area contributed by atoms with E-state index in [1.165, 1.54) is 38.5 Å². The lowest BCUT2D eigenvalue weighted by atomic mass is 10.1. The van der Waals surface area contributed by atoms with Gasteiger partial charge in [-0.15, -0.1) is 24.0 Å². The summed E-state index contributed by atoms with van der Waals surface area (Å²) in [5.74, 6) is 1.57. The van der Waals surface area contributed by atoms with Gasteiger partial charge in [0.2, 0.25) is 0 Å². The second-order valence-corrected chi connectivity index (χ2v) is 7.06. The van der Waals surface area contributed by atoms with Gasteiger partial charge in [0.1, 0.15) is 12.1 Å². The molecule has 162 valence electrons. The van der Waals surface area contributed by atoms with Crippen LogP contribution in [0, 0.1) is 0 Å². The molecular weight excluding hydrogens is 483 g/mol. The zero-order valence-electron chi connectivity index (χ0n) is 17.4. The summed E-state index contributed by atoms with van der Waals surface area (Å²) in [6, 6.07) is 0. The summed E-state index contributed by atoms with van der Waals surface area (Å²) in [6.45, 7) is 2.89. The normalized spacial score (nSPS) is 15.6. The van der Waals surface area contributed by atoms with E-state index in [-0.39, 0.29) is 24.0 Å². The monoisotopic (exact) mass is 516 g/mol. The number of aliphatic imine (C=N–C) groups is 1. The molecule has 3 rings (SSSR count). The van der Waals surface area contributed by atoms with E-state index >= 15 is 0 Å². The molecule has 2 aromatic heterocycles. The number of nitrogens with zero attached hydrogens (tertiary/aromatic N) is 5. The van der Waals surface area contributed by atoms with Crippen LogP contribution in [0.3, 0.4) is 0 Å². The third-order valence-corrected chi connectivity index (χ3v) is 5.01.